The van der Waals surface area contributed by atoms with Gasteiger partial charge in [0.25, 0.3) is 5.91 Å². The monoisotopic (exact) mass is 530 g/mol. The molecule has 4 aromatic rings. The fourth-order valence-electron chi connectivity index (χ4n) is 4.30. The van der Waals surface area contributed by atoms with E-state index in [-0.39, 0.29) is 24.7 Å². The predicted octanol–water partition coefficient (Wildman–Crippen LogP) is 6.14. The lowest BCUT2D eigenvalue weighted by Crippen LogP contribution is -2.18. The Hall–Kier alpha value is -4.46. The molecule has 3 aromatic carbocycles. The van der Waals surface area contributed by atoms with Gasteiger partial charge in [0.2, 0.25) is 5.91 Å². The van der Waals surface area contributed by atoms with Gasteiger partial charge in [-0.05, 0) is 72.5 Å². The predicted molar refractivity (Wildman–Crippen MR) is 148 cm³/mol. The molecule has 0 aliphatic rings. The number of carbonyl (C=O) groups excluding carboxylic acids is 3. The molecular weight excluding hydrogens is 499 g/mol. The smallest absolute Gasteiger partial charge is 0.255 e. The van der Waals surface area contributed by atoms with Crippen LogP contribution in [0, 0.1) is 11.7 Å². The number of hydrogen-bond donors (Lipinski definition) is 2. The highest BCUT2D eigenvalue weighted by atomic mass is 19.1. The number of carbonyl (C=O) groups is 3. The van der Waals surface area contributed by atoms with Crippen LogP contribution in [-0.4, -0.2) is 31.3 Å². The lowest BCUT2D eigenvalue weighted by atomic mass is 9.95. The van der Waals surface area contributed by atoms with Gasteiger partial charge in [-0.2, -0.15) is 0 Å². The molecule has 0 radical (unpaired) electrons. The van der Waals surface area contributed by atoms with Gasteiger partial charge in [0.1, 0.15) is 22.9 Å². The van der Waals surface area contributed by atoms with Crippen LogP contribution in [0.3, 0.4) is 0 Å². The first kappa shape index (κ1) is 27.6. The summed E-state index contributed by atoms with van der Waals surface area (Å²) in [4.78, 5) is 37.2. The molecule has 0 aliphatic carbocycles. The van der Waals surface area contributed by atoms with Gasteiger partial charge in [-0.1, -0.05) is 19.9 Å². The van der Waals surface area contributed by atoms with Crippen LogP contribution in [0.1, 0.15) is 53.8 Å². The first-order valence-electron chi connectivity index (χ1n) is 12.8. The second-order valence-corrected chi connectivity index (χ2v) is 9.73. The van der Waals surface area contributed by atoms with Crippen LogP contribution >= 0.6 is 0 Å². The summed E-state index contributed by atoms with van der Waals surface area (Å²) < 4.78 is 25.5. The topological polar surface area (TPSA) is 112 Å². The number of hydrogen-bond acceptors (Lipinski definition) is 5. The summed E-state index contributed by atoms with van der Waals surface area (Å²) in [6, 6.07) is 16.3. The number of rotatable bonds is 11. The summed E-state index contributed by atoms with van der Waals surface area (Å²) in [6.07, 6.45) is 1.23. The molecule has 0 saturated carbocycles. The number of ketones is 1. The van der Waals surface area contributed by atoms with Crippen molar-refractivity contribution in [1.29, 1.82) is 0 Å². The minimum absolute atomic E-state index is 0.0164. The fraction of sp³-hybridized carbons (Fsp3) is 0.258. The third-order valence-electron chi connectivity index (χ3n) is 6.42. The number of furan rings is 1. The first-order valence-corrected chi connectivity index (χ1v) is 12.8. The number of nitrogens with one attached hydrogen (secondary N) is 1. The van der Waals surface area contributed by atoms with E-state index in [1.54, 1.807) is 42.5 Å². The fourth-order valence-corrected chi connectivity index (χ4v) is 4.30. The molecule has 1 heterocycles. The summed E-state index contributed by atoms with van der Waals surface area (Å²) in [5, 5.41) is 3.20. The van der Waals surface area contributed by atoms with Crippen molar-refractivity contribution in [1.82, 2.24) is 5.32 Å². The summed E-state index contributed by atoms with van der Waals surface area (Å²) in [5.74, 6) is -0.0438. The number of Topliss-reactive ketones (excluding diaryl/α,β-unsaturated/α-hetero) is 1. The average Bonchev–Trinajstić information content (AvgIpc) is 3.30. The normalized spacial score (nSPS) is 11.1. The standard InChI is InChI=1S/C31H31FN2O5/c1-18(2)4-11-25(35)21-8-12-26(38-15-14-28(33)36)23(17-21)20-7-13-27-24(16-20)29(31(37)34-3)30(39-27)19-5-9-22(32)10-6-19/h5-10,12-13,16-18H,4,11,14-15H2,1-3H3,(H2,33,36)(H,34,37). The van der Waals surface area contributed by atoms with Gasteiger partial charge in [0.15, 0.2) is 5.78 Å². The van der Waals surface area contributed by atoms with Crippen molar-refractivity contribution in [2.45, 2.75) is 33.1 Å². The van der Waals surface area contributed by atoms with Crippen LogP contribution in [0.5, 0.6) is 5.75 Å². The van der Waals surface area contributed by atoms with E-state index in [9.17, 15) is 18.8 Å². The third kappa shape index (κ3) is 6.34. The molecule has 0 unspecified atom stereocenters. The summed E-state index contributed by atoms with van der Waals surface area (Å²) in [7, 11) is 1.52. The molecule has 3 N–H and O–H groups in total. The molecule has 0 aliphatic heterocycles. The maximum Gasteiger partial charge on any atom is 0.255 e. The van der Waals surface area contributed by atoms with Crippen LogP contribution in [-0.2, 0) is 4.79 Å². The quantitative estimate of drug-likeness (QED) is 0.226. The largest absolute Gasteiger partial charge is 0.492 e. The second kappa shape index (κ2) is 11.9. The van der Waals surface area contributed by atoms with Crippen LogP contribution in [0.15, 0.2) is 65.1 Å². The SMILES string of the molecule is CNC(=O)c1c(-c2ccc(F)cc2)oc2ccc(-c3cc(C(=O)CCC(C)C)ccc3OCCC(N)=O)cc12. The maximum absolute atomic E-state index is 13.5. The summed E-state index contributed by atoms with van der Waals surface area (Å²) in [6.45, 7) is 4.21. The van der Waals surface area contributed by atoms with Crippen molar-refractivity contribution in [2.75, 3.05) is 13.7 Å². The molecule has 2 amide bonds. The van der Waals surface area contributed by atoms with E-state index in [1.165, 1.54) is 19.2 Å². The van der Waals surface area contributed by atoms with Gasteiger partial charge in [-0.15, -0.1) is 0 Å². The van der Waals surface area contributed by atoms with Crippen LogP contribution in [0.25, 0.3) is 33.4 Å². The highest BCUT2D eigenvalue weighted by Crippen LogP contribution is 2.38. The minimum atomic E-state index is -0.486. The average molecular weight is 531 g/mol. The van der Waals surface area contributed by atoms with E-state index < -0.39 is 11.7 Å². The number of halogens is 1. The molecule has 0 spiro atoms. The van der Waals surface area contributed by atoms with E-state index in [4.69, 9.17) is 14.9 Å². The number of benzene rings is 3. The van der Waals surface area contributed by atoms with Crippen molar-refractivity contribution in [2.24, 2.45) is 11.7 Å². The Kier molecular flexibility index (Phi) is 8.44. The van der Waals surface area contributed by atoms with E-state index >= 15 is 0 Å². The van der Waals surface area contributed by atoms with Gasteiger partial charge < -0.3 is 20.2 Å². The Morgan fingerprint density at radius 2 is 1.69 bits per heavy atom. The molecule has 7 nitrogen and oxygen atoms in total. The lowest BCUT2D eigenvalue weighted by Gasteiger charge is -2.14. The van der Waals surface area contributed by atoms with Crippen molar-refractivity contribution in [3.63, 3.8) is 0 Å². The van der Waals surface area contributed by atoms with E-state index in [2.05, 4.69) is 19.2 Å². The zero-order chi connectivity index (χ0) is 28.1. The highest BCUT2D eigenvalue weighted by molar-refractivity contribution is 6.12. The molecule has 0 fully saturated rings. The number of primary amides is 1. The van der Waals surface area contributed by atoms with Crippen molar-refractivity contribution in [3.05, 3.63) is 77.6 Å². The Labute approximate surface area is 226 Å². The zero-order valence-electron chi connectivity index (χ0n) is 22.2. The second-order valence-electron chi connectivity index (χ2n) is 9.73. The Balaban J connectivity index is 1.84. The molecule has 0 bridgehead atoms. The molecular formula is C31H31FN2O5. The van der Waals surface area contributed by atoms with Gasteiger partial charge in [0, 0.05) is 35.5 Å². The molecule has 4 rings (SSSR count). The number of amides is 2. The molecule has 8 heteroatoms. The van der Waals surface area contributed by atoms with E-state index in [0.717, 1.165) is 6.42 Å². The van der Waals surface area contributed by atoms with Gasteiger partial charge in [0.05, 0.1) is 18.6 Å². The minimum Gasteiger partial charge on any atom is -0.492 e. The maximum atomic E-state index is 13.5. The van der Waals surface area contributed by atoms with Crippen molar-refractivity contribution in [3.8, 4) is 28.2 Å². The summed E-state index contributed by atoms with van der Waals surface area (Å²) >= 11 is 0. The third-order valence-corrected chi connectivity index (χ3v) is 6.42. The van der Waals surface area contributed by atoms with E-state index in [1.807, 2.05) is 6.07 Å². The Bertz CT molecular complexity index is 1520. The first-order chi connectivity index (χ1) is 18.7. The zero-order valence-corrected chi connectivity index (χ0v) is 22.2. The number of ether oxygens (including phenoxy) is 1. The van der Waals surface area contributed by atoms with Gasteiger partial charge in [-0.3, -0.25) is 14.4 Å². The van der Waals surface area contributed by atoms with Crippen molar-refractivity contribution >= 4 is 28.6 Å². The van der Waals surface area contributed by atoms with Crippen molar-refractivity contribution < 1.29 is 27.9 Å². The molecule has 202 valence electrons. The molecule has 0 saturated heterocycles. The number of fused-ring (bicyclic) bond motifs is 1. The van der Waals surface area contributed by atoms with Crippen LogP contribution in [0.2, 0.25) is 0 Å². The highest BCUT2D eigenvalue weighted by Gasteiger charge is 2.23. The van der Waals surface area contributed by atoms with E-state index in [0.29, 0.717) is 62.6 Å². The number of nitrogens with two attached hydrogens (primary N) is 1. The van der Waals surface area contributed by atoms with Crippen LogP contribution < -0.4 is 15.8 Å². The summed E-state index contributed by atoms with van der Waals surface area (Å²) in [5.41, 5.74) is 8.46. The Morgan fingerprint density at radius 1 is 0.974 bits per heavy atom. The van der Waals surface area contributed by atoms with Gasteiger partial charge in [-0.25, -0.2) is 4.39 Å². The molecule has 0 atom stereocenters. The molecule has 1 aromatic heterocycles. The Morgan fingerprint density at radius 3 is 2.36 bits per heavy atom. The van der Waals surface area contributed by atoms with Gasteiger partial charge >= 0.3 is 0 Å². The van der Waals surface area contributed by atoms with Crippen LogP contribution in [0.4, 0.5) is 4.39 Å². The lowest BCUT2D eigenvalue weighted by molar-refractivity contribution is -0.118. The molecule has 39 heavy (non-hydrogen) atoms.